The van der Waals surface area contributed by atoms with Crippen LogP contribution in [0.4, 0.5) is 5.69 Å². The van der Waals surface area contributed by atoms with Crippen LogP contribution in [0.15, 0.2) is 71.7 Å². The summed E-state index contributed by atoms with van der Waals surface area (Å²) in [5.41, 5.74) is 1.21. The topological polar surface area (TPSA) is 74.4 Å². The molecule has 0 saturated heterocycles. The summed E-state index contributed by atoms with van der Waals surface area (Å²) in [6, 6.07) is 17.8. The van der Waals surface area contributed by atoms with Gasteiger partial charge in [-0.15, -0.1) is 0 Å². The molecular weight excluding hydrogens is 320 g/mol. The third-order valence-corrected chi connectivity index (χ3v) is 3.88. The summed E-state index contributed by atoms with van der Waals surface area (Å²) in [6.07, 6.45) is 1.64. The van der Waals surface area contributed by atoms with Gasteiger partial charge >= 0.3 is 11.2 Å². The van der Waals surface area contributed by atoms with E-state index in [0.29, 0.717) is 11.3 Å². The molecule has 0 spiro atoms. The SMILES string of the molecule is COc1ccc(-c2cc([N+](=O)[O-])c(=O)n(Cc3ccccc3)c2)cc1. The van der Waals surface area contributed by atoms with Gasteiger partial charge in [-0.2, -0.15) is 0 Å². The van der Waals surface area contributed by atoms with Crippen LogP contribution in [-0.4, -0.2) is 16.6 Å². The molecule has 0 bridgehead atoms. The van der Waals surface area contributed by atoms with Crippen LogP contribution in [0.5, 0.6) is 5.75 Å². The minimum absolute atomic E-state index is 0.268. The molecule has 1 aromatic heterocycles. The van der Waals surface area contributed by atoms with Crippen LogP contribution in [-0.2, 0) is 6.54 Å². The Hall–Kier alpha value is -3.41. The monoisotopic (exact) mass is 336 g/mol. The number of aromatic nitrogens is 1. The highest BCUT2D eigenvalue weighted by Gasteiger charge is 2.17. The fourth-order valence-corrected chi connectivity index (χ4v) is 2.59. The Bertz CT molecular complexity index is 947. The van der Waals surface area contributed by atoms with E-state index in [1.54, 1.807) is 37.6 Å². The van der Waals surface area contributed by atoms with E-state index >= 15 is 0 Å². The summed E-state index contributed by atoms with van der Waals surface area (Å²) in [6.45, 7) is 0.268. The number of hydrogen-bond acceptors (Lipinski definition) is 4. The van der Waals surface area contributed by atoms with Crippen molar-refractivity contribution in [1.82, 2.24) is 4.57 Å². The third-order valence-electron chi connectivity index (χ3n) is 3.88. The number of nitrogens with zero attached hydrogens (tertiary/aromatic N) is 2. The molecule has 6 heteroatoms. The summed E-state index contributed by atoms with van der Waals surface area (Å²) in [5.74, 6) is 0.691. The van der Waals surface area contributed by atoms with E-state index in [0.717, 1.165) is 11.1 Å². The van der Waals surface area contributed by atoms with Crippen molar-refractivity contribution >= 4 is 5.69 Å². The van der Waals surface area contributed by atoms with Crippen molar-refractivity contribution in [1.29, 1.82) is 0 Å². The Labute approximate surface area is 144 Å². The van der Waals surface area contributed by atoms with Crippen molar-refractivity contribution in [3.8, 4) is 16.9 Å². The molecule has 3 rings (SSSR count). The molecule has 0 amide bonds. The molecule has 6 nitrogen and oxygen atoms in total. The maximum Gasteiger partial charge on any atom is 0.334 e. The zero-order valence-corrected chi connectivity index (χ0v) is 13.6. The van der Waals surface area contributed by atoms with Crippen molar-refractivity contribution in [2.75, 3.05) is 7.11 Å². The lowest BCUT2D eigenvalue weighted by Gasteiger charge is -2.10. The molecule has 0 fully saturated rings. The smallest absolute Gasteiger partial charge is 0.334 e. The molecular formula is C19H16N2O4. The molecule has 0 N–H and O–H groups in total. The number of methoxy groups -OCH3 is 1. The predicted octanol–water partition coefficient (Wildman–Crippen LogP) is 3.48. The van der Waals surface area contributed by atoms with Gasteiger partial charge in [-0.05, 0) is 23.3 Å². The molecule has 0 aliphatic heterocycles. The molecule has 126 valence electrons. The summed E-state index contributed by atoms with van der Waals surface area (Å²) in [5, 5.41) is 11.3. The molecule has 0 saturated carbocycles. The minimum Gasteiger partial charge on any atom is -0.497 e. The van der Waals surface area contributed by atoms with Gasteiger partial charge in [-0.3, -0.25) is 14.9 Å². The first-order valence-electron chi connectivity index (χ1n) is 7.65. The molecule has 3 aromatic rings. The van der Waals surface area contributed by atoms with Crippen molar-refractivity contribution in [3.05, 3.63) is 92.9 Å². The van der Waals surface area contributed by atoms with Crippen LogP contribution < -0.4 is 10.3 Å². The lowest BCUT2D eigenvalue weighted by Crippen LogP contribution is -2.23. The highest BCUT2D eigenvalue weighted by molar-refractivity contribution is 5.65. The van der Waals surface area contributed by atoms with Gasteiger partial charge in [0.2, 0.25) is 0 Å². The van der Waals surface area contributed by atoms with E-state index in [9.17, 15) is 14.9 Å². The molecule has 2 aromatic carbocycles. The van der Waals surface area contributed by atoms with E-state index in [1.807, 2.05) is 30.3 Å². The molecule has 0 aliphatic rings. The van der Waals surface area contributed by atoms with Gasteiger partial charge in [0, 0.05) is 17.8 Å². The van der Waals surface area contributed by atoms with E-state index in [1.165, 1.54) is 10.6 Å². The van der Waals surface area contributed by atoms with E-state index < -0.39 is 16.2 Å². The number of nitro groups is 1. The zero-order valence-electron chi connectivity index (χ0n) is 13.6. The quantitative estimate of drug-likeness (QED) is 0.528. The molecule has 0 aliphatic carbocycles. The molecule has 1 heterocycles. The van der Waals surface area contributed by atoms with Crippen LogP contribution in [0.1, 0.15) is 5.56 Å². The van der Waals surface area contributed by atoms with Gasteiger partial charge in [0.25, 0.3) is 0 Å². The summed E-state index contributed by atoms with van der Waals surface area (Å²) in [7, 11) is 1.57. The first-order chi connectivity index (χ1) is 12.1. The van der Waals surface area contributed by atoms with Gasteiger partial charge in [-0.1, -0.05) is 42.5 Å². The number of pyridine rings is 1. The first kappa shape index (κ1) is 16.4. The van der Waals surface area contributed by atoms with Crippen molar-refractivity contribution in [2.45, 2.75) is 6.54 Å². The Morgan fingerprint density at radius 1 is 1.04 bits per heavy atom. The van der Waals surface area contributed by atoms with Crippen molar-refractivity contribution in [2.24, 2.45) is 0 Å². The summed E-state index contributed by atoms with van der Waals surface area (Å²) < 4.78 is 6.49. The normalized spacial score (nSPS) is 10.4. The Balaban J connectivity index is 2.09. The van der Waals surface area contributed by atoms with E-state index in [2.05, 4.69) is 0 Å². The van der Waals surface area contributed by atoms with Crippen molar-refractivity contribution < 1.29 is 9.66 Å². The fourth-order valence-electron chi connectivity index (χ4n) is 2.59. The Morgan fingerprint density at radius 2 is 1.72 bits per heavy atom. The van der Waals surface area contributed by atoms with Crippen LogP contribution in [0.2, 0.25) is 0 Å². The highest BCUT2D eigenvalue weighted by atomic mass is 16.6. The zero-order chi connectivity index (χ0) is 17.8. The van der Waals surface area contributed by atoms with Gasteiger partial charge < -0.3 is 9.30 Å². The average Bonchev–Trinajstić information content (AvgIpc) is 2.64. The van der Waals surface area contributed by atoms with Gasteiger partial charge in [0.05, 0.1) is 18.6 Å². The molecule has 0 atom stereocenters. The largest absolute Gasteiger partial charge is 0.497 e. The average molecular weight is 336 g/mol. The molecule has 0 radical (unpaired) electrons. The van der Waals surface area contributed by atoms with Crippen LogP contribution >= 0.6 is 0 Å². The Morgan fingerprint density at radius 3 is 2.32 bits per heavy atom. The standard InChI is InChI=1S/C19H16N2O4/c1-25-17-9-7-15(8-10-17)16-11-18(21(23)24)19(22)20(13-16)12-14-5-3-2-4-6-14/h2-11,13H,12H2,1H3. The second kappa shape index (κ2) is 7.00. The predicted molar refractivity (Wildman–Crippen MR) is 94.9 cm³/mol. The van der Waals surface area contributed by atoms with E-state index in [4.69, 9.17) is 4.74 Å². The third kappa shape index (κ3) is 3.58. The minimum atomic E-state index is -0.642. The van der Waals surface area contributed by atoms with Crippen LogP contribution in [0, 0.1) is 10.1 Å². The summed E-state index contributed by atoms with van der Waals surface area (Å²) in [4.78, 5) is 23.0. The maximum absolute atomic E-state index is 12.4. The second-order valence-electron chi connectivity index (χ2n) is 5.52. The van der Waals surface area contributed by atoms with Crippen LogP contribution in [0.25, 0.3) is 11.1 Å². The number of benzene rings is 2. The number of rotatable bonds is 5. The second-order valence-corrected chi connectivity index (χ2v) is 5.52. The molecule has 0 unspecified atom stereocenters. The number of hydrogen-bond donors (Lipinski definition) is 0. The first-order valence-corrected chi connectivity index (χ1v) is 7.65. The number of ether oxygens (including phenoxy) is 1. The Kier molecular flexibility index (Phi) is 4.61. The van der Waals surface area contributed by atoms with E-state index in [-0.39, 0.29) is 6.54 Å². The highest BCUT2D eigenvalue weighted by Crippen LogP contribution is 2.24. The van der Waals surface area contributed by atoms with Crippen LogP contribution in [0.3, 0.4) is 0 Å². The maximum atomic E-state index is 12.4. The van der Waals surface area contributed by atoms with Gasteiger partial charge in [0.15, 0.2) is 0 Å². The van der Waals surface area contributed by atoms with Gasteiger partial charge in [-0.25, -0.2) is 0 Å². The lowest BCUT2D eigenvalue weighted by molar-refractivity contribution is -0.386. The van der Waals surface area contributed by atoms with Gasteiger partial charge in [0.1, 0.15) is 5.75 Å². The summed E-state index contributed by atoms with van der Waals surface area (Å²) >= 11 is 0. The fraction of sp³-hybridized carbons (Fsp3) is 0.105. The molecule has 25 heavy (non-hydrogen) atoms. The lowest BCUT2D eigenvalue weighted by atomic mass is 10.1. The van der Waals surface area contributed by atoms with Crippen molar-refractivity contribution in [3.63, 3.8) is 0 Å².